The molecular formula is C11H22N2O3. The highest BCUT2D eigenvalue weighted by atomic mass is 16.5. The smallest absolute Gasteiger partial charge is 0.407 e. The predicted octanol–water partition coefficient (Wildman–Crippen LogP) is 0.579. The van der Waals surface area contributed by atoms with Crippen LogP contribution in [-0.2, 0) is 4.74 Å². The maximum absolute atomic E-state index is 11.2. The summed E-state index contributed by atoms with van der Waals surface area (Å²) in [6, 6.07) is 0.187. The summed E-state index contributed by atoms with van der Waals surface area (Å²) in [5, 5.41) is 11.6. The Balaban J connectivity index is 2.24. The van der Waals surface area contributed by atoms with Crippen molar-refractivity contribution in [2.75, 3.05) is 32.8 Å². The van der Waals surface area contributed by atoms with E-state index in [-0.39, 0.29) is 18.7 Å². The standard InChI is InChI=1S/C11H22N2O3/c1-2-16-11(15)12-10-5-3-6-13(9-10)7-4-8-14/h10,14H,2-9H2,1H3,(H,12,15). The fourth-order valence-electron chi connectivity index (χ4n) is 2.01. The fourth-order valence-corrected chi connectivity index (χ4v) is 2.01. The molecule has 0 radical (unpaired) electrons. The number of rotatable bonds is 5. The number of carbonyl (C=O) groups excluding carboxylic acids is 1. The van der Waals surface area contributed by atoms with Crippen molar-refractivity contribution in [1.82, 2.24) is 10.2 Å². The largest absolute Gasteiger partial charge is 0.450 e. The van der Waals surface area contributed by atoms with Crippen molar-refractivity contribution in [2.45, 2.75) is 32.2 Å². The third kappa shape index (κ3) is 4.81. The number of aliphatic hydroxyl groups excluding tert-OH is 1. The zero-order valence-electron chi connectivity index (χ0n) is 9.95. The molecule has 0 aromatic rings. The van der Waals surface area contributed by atoms with Gasteiger partial charge in [0.05, 0.1) is 6.61 Å². The van der Waals surface area contributed by atoms with Crippen LogP contribution in [-0.4, -0.2) is 55.0 Å². The van der Waals surface area contributed by atoms with Gasteiger partial charge < -0.3 is 20.1 Å². The molecule has 1 heterocycles. The predicted molar refractivity (Wildman–Crippen MR) is 61.3 cm³/mol. The third-order valence-electron chi connectivity index (χ3n) is 2.74. The Bertz CT molecular complexity index is 211. The second-order valence-corrected chi connectivity index (χ2v) is 4.08. The number of amides is 1. The Kier molecular flexibility index (Phi) is 6.18. The van der Waals surface area contributed by atoms with Crippen LogP contribution in [0.3, 0.4) is 0 Å². The SMILES string of the molecule is CCOC(=O)NC1CCCN(CCCO)C1. The average Bonchev–Trinajstić information content (AvgIpc) is 2.27. The summed E-state index contributed by atoms with van der Waals surface area (Å²) < 4.78 is 4.85. The second-order valence-electron chi connectivity index (χ2n) is 4.08. The molecule has 1 rings (SSSR count). The quantitative estimate of drug-likeness (QED) is 0.725. The maximum Gasteiger partial charge on any atom is 0.407 e. The molecule has 1 amide bonds. The lowest BCUT2D eigenvalue weighted by atomic mass is 10.1. The van der Waals surface area contributed by atoms with E-state index in [0.29, 0.717) is 6.61 Å². The summed E-state index contributed by atoms with van der Waals surface area (Å²) in [7, 11) is 0. The van der Waals surface area contributed by atoms with Crippen LogP contribution in [0.15, 0.2) is 0 Å². The Morgan fingerprint density at radius 1 is 1.62 bits per heavy atom. The van der Waals surface area contributed by atoms with Crippen LogP contribution in [0.1, 0.15) is 26.2 Å². The number of aliphatic hydroxyl groups is 1. The van der Waals surface area contributed by atoms with Gasteiger partial charge in [0.1, 0.15) is 0 Å². The third-order valence-corrected chi connectivity index (χ3v) is 2.74. The van der Waals surface area contributed by atoms with Gasteiger partial charge in [0.25, 0.3) is 0 Å². The number of hydrogen-bond donors (Lipinski definition) is 2. The van der Waals surface area contributed by atoms with E-state index >= 15 is 0 Å². The lowest BCUT2D eigenvalue weighted by molar-refractivity contribution is 0.131. The highest BCUT2D eigenvalue weighted by molar-refractivity contribution is 5.67. The molecule has 0 bridgehead atoms. The first kappa shape index (κ1) is 13.3. The van der Waals surface area contributed by atoms with E-state index in [1.54, 1.807) is 6.92 Å². The molecule has 0 aromatic carbocycles. The number of hydrogen-bond acceptors (Lipinski definition) is 4. The lowest BCUT2D eigenvalue weighted by Gasteiger charge is -2.32. The van der Waals surface area contributed by atoms with Crippen LogP contribution in [0.4, 0.5) is 4.79 Å². The van der Waals surface area contributed by atoms with Crippen molar-refractivity contribution < 1.29 is 14.6 Å². The normalized spacial score (nSPS) is 21.8. The number of nitrogens with zero attached hydrogens (tertiary/aromatic N) is 1. The van der Waals surface area contributed by atoms with Crippen LogP contribution < -0.4 is 5.32 Å². The van der Waals surface area contributed by atoms with Gasteiger partial charge in [0, 0.05) is 25.7 Å². The first-order valence-electron chi connectivity index (χ1n) is 6.02. The lowest BCUT2D eigenvalue weighted by Crippen LogP contribution is -2.48. The van der Waals surface area contributed by atoms with Crippen LogP contribution in [0.5, 0.6) is 0 Å². The van der Waals surface area contributed by atoms with Crippen LogP contribution in [0.25, 0.3) is 0 Å². The molecule has 1 aliphatic rings. The topological polar surface area (TPSA) is 61.8 Å². The summed E-state index contributed by atoms with van der Waals surface area (Å²) in [6.07, 6.45) is 2.57. The molecule has 5 heteroatoms. The van der Waals surface area contributed by atoms with Gasteiger partial charge in [-0.3, -0.25) is 0 Å². The van der Waals surface area contributed by atoms with E-state index < -0.39 is 0 Å². The molecule has 16 heavy (non-hydrogen) atoms. The second kappa shape index (κ2) is 7.46. The van der Waals surface area contributed by atoms with E-state index in [0.717, 1.165) is 38.9 Å². The number of likely N-dealkylation sites (tertiary alicyclic amines) is 1. The summed E-state index contributed by atoms with van der Waals surface area (Å²) in [5.41, 5.74) is 0. The Hall–Kier alpha value is -0.810. The van der Waals surface area contributed by atoms with Crippen molar-refractivity contribution in [3.8, 4) is 0 Å². The maximum atomic E-state index is 11.2. The first-order valence-corrected chi connectivity index (χ1v) is 6.02. The minimum absolute atomic E-state index is 0.187. The molecule has 0 aromatic heterocycles. The molecule has 1 saturated heterocycles. The molecule has 1 unspecified atom stereocenters. The van der Waals surface area contributed by atoms with Gasteiger partial charge in [-0.1, -0.05) is 0 Å². The molecular weight excluding hydrogens is 208 g/mol. The van der Waals surface area contributed by atoms with Gasteiger partial charge in [0.2, 0.25) is 0 Å². The molecule has 94 valence electrons. The summed E-state index contributed by atoms with van der Waals surface area (Å²) in [4.78, 5) is 13.5. The Labute approximate surface area is 96.8 Å². The first-order chi connectivity index (χ1) is 7.76. The zero-order chi connectivity index (χ0) is 11.8. The van der Waals surface area contributed by atoms with E-state index in [1.165, 1.54) is 0 Å². The summed E-state index contributed by atoms with van der Waals surface area (Å²) in [6.45, 7) is 5.25. The van der Waals surface area contributed by atoms with Crippen molar-refractivity contribution in [2.24, 2.45) is 0 Å². The summed E-state index contributed by atoms with van der Waals surface area (Å²) >= 11 is 0. The highest BCUT2D eigenvalue weighted by Crippen LogP contribution is 2.10. The van der Waals surface area contributed by atoms with Crippen molar-refractivity contribution in [1.29, 1.82) is 0 Å². The minimum Gasteiger partial charge on any atom is -0.450 e. The number of piperidine rings is 1. The van der Waals surface area contributed by atoms with Crippen LogP contribution in [0, 0.1) is 0 Å². The molecule has 0 spiro atoms. The fraction of sp³-hybridized carbons (Fsp3) is 0.909. The van der Waals surface area contributed by atoms with Gasteiger partial charge >= 0.3 is 6.09 Å². The molecule has 2 N–H and O–H groups in total. The van der Waals surface area contributed by atoms with Gasteiger partial charge in [0.15, 0.2) is 0 Å². The van der Waals surface area contributed by atoms with Gasteiger partial charge in [-0.2, -0.15) is 0 Å². The average molecular weight is 230 g/mol. The van der Waals surface area contributed by atoms with Crippen molar-refractivity contribution in [3.05, 3.63) is 0 Å². The van der Waals surface area contributed by atoms with Crippen LogP contribution in [0.2, 0.25) is 0 Å². The minimum atomic E-state index is -0.323. The van der Waals surface area contributed by atoms with E-state index in [1.807, 2.05) is 0 Å². The number of ether oxygens (including phenoxy) is 1. The number of alkyl carbamates (subject to hydrolysis) is 1. The Morgan fingerprint density at radius 3 is 3.12 bits per heavy atom. The monoisotopic (exact) mass is 230 g/mol. The van der Waals surface area contributed by atoms with E-state index in [4.69, 9.17) is 9.84 Å². The molecule has 1 atom stereocenters. The van der Waals surface area contributed by atoms with Gasteiger partial charge in [-0.05, 0) is 32.7 Å². The van der Waals surface area contributed by atoms with E-state index in [2.05, 4.69) is 10.2 Å². The number of carbonyl (C=O) groups is 1. The summed E-state index contributed by atoms with van der Waals surface area (Å²) in [5.74, 6) is 0. The molecule has 5 nitrogen and oxygen atoms in total. The molecule has 0 saturated carbocycles. The zero-order valence-corrected chi connectivity index (χ0v) is 9.95. The molecule has 0 aliphatic carbocycles. The van der Waals surface area contributed by atoms with Gasteiger partial charge in [-0.15, -0.1) is 0 Å². The molecule has 1 aliphatic heterocycles. The highest BCUT2D eigenvalue weighted by Gasteiger charge is 2.21. The van der Waals surface area contributed by atoms with Gasteiger partial charge in [-0.25, -0.2) is 4.79 Å². The molecule has 1 fully saturated rings. The number of nitrogens with one attached hydrogen (secondary N) is 1. The van der Waals surface area contributed by atoms with E-state index in [9.17, 15) is 4.79 Å². The van der Waals surface area contributed by atoms with Crippen molar-refractivity contribution in [3.63, 3.8) is 0 Å². The Morgan fingerprint density at radius 2 is 2.44 bits per heavy atom. The van der Waals surface area contributed by atoms with Crippen LogP contribution >= 0.6 is 0 Å². The van der Waals surface area contributed by atoms with Crippen molar-refractivity contribution >= 4 is 6.09 Å².